The molecular weight excluding hydrogens is 224 g/mol. The van der Waals surface area contributed by atoms with E-state index in [1.54, 1.807) is 0 Å². The van der Waals surface area contributed by atoms with Crippen LogP contribution in [0.2, 0.25) is 0 Å². The average Bonchev–Trinajstić information content (AvgIpc) is 2.36. The van der Waals surface area contributed by atoms with Crippen LogP contribution in [0, 0.1) is 12.8 Å². The Morgan fingerprint density at radius 1 is 1.33 bits per heavy atom. The Balaban J connectivity index is 2.80. The third-order valence-electron chi connectivity index (χ3n) is 3.32. The van der Waals surface area contributed by atoms with Crippen molar-refractivity contribution in [2.75, 3.05) is 6.54 Å². The van der Waals surface area contributed by atoms with Crippen molar-refractivity contribution in [1.82, 2.24) is 4.90 Å². The monoisotopic (exact) mass is 248 g/mol. The van der Waals surface area contributed by atoms with Crippen LogP contribution >= 0.6 is 0 Å². The van der Waals surface area contributed by atoms with Gasteiger partial charge in [-0.25, -0.2) is 0 Å². The molecule has 0 spiro atoms. The molecule has 1 aromatic carbocycles. The highest BCUT2D eigenvalue weighted by Crippen LogP contribution is 2.12. The Labute approximate surface area is 110 Å². The molecule has 3 nitrogen and oxygen atoms in total. The minimum atomic E-state index is -0.408. The third kappa shape index (κ3) is 3.57. The van der Waals surface area contributed by atoms with Crippen molar-refractivity contribution in [3.63, 3.8) is 0 Å². The van der Waals surface area contributed by atoms with Gasteiger partial charge < -0.3 is 10.6 Å². The molecule has 0 saturated heterocycles. The normalized spacial score (nSPS) is 12.6. The number of hydrogen-bond donors (Lipinski definition) is 1. The number of aryl methyl sites for hydroxylation is 1. The maximum Gasteiger partial charge on any atom is 0.240 e. The fourth-order valence-electron chi connectivity index (χ4n) is 1.83. The van der Waals surface area contributed by atoms with Gasteiger partial charge in [-0.1, -0.05) is 38.1 Å². The molecular formula is C15H24N2O. The number of likely N-dealkylation sites (N-methyl/N-ethyl adjacent to an activating group) is 1. The first kappa shape index (κ1) is 14.7. The van der Waals surface area contributed by atoms with Gasteiger partial charge >= 0.3 is 0 Å². The van der Waals surface area contributed by atoms with Crippen LogP contribution in [0.15, 0.2) is 24.3 Å². The summed E-state index contributed by atoms with van der Waals surface area (Å²) in [5.74, 6) is 0.208. The standard InChI is InChI=1S/C15H24N2O/c1-5-17(15(18)14(16)11(2)3)10-13-9-7-6-8-12(13)4/h6-9,11,14H,5,10,16H2,1-4H3/t14-/m0/s1. The first-order valence-electron chi connectivity index (χ1n) is 6.56. The van der Waals surface area contributed by atoms with Crippen molar-refractivity contribution in [3.8, 4) is 0 Å². The first-order chi connectivity index (χ1) is 8.47. The highest BCUT2D eigenvalue weighted by Gasteiger charge is 2.22. The number of benzene rings is 1. The zero-order valence-electron chi connectivity index (χ0n) is 11.8. The van der Waals surface area contributed by atoms with Gasteiger partial charge in [-0.05, 0) is 30.9 Å². The number of carbonyl (C=O) groups is 1. The van der Waals surface area contributed by atoms with Gasteiger partial charge in [0.25, 0.3) is 0 Å². The van der Waals surface area contributed by atoms with Crippen molar-refractivity contribution < 1.29 is 4.79 Å². The van der Waals surface area contributed by atoms with E-state index in [9.17, 15) is 4.79 Å². The van der Waals surface area contributed by atoms with Crippen LogP contribution in [0.25, 0.3) is 0 Å². The van der Waals surface area contributed by atoms with E-state index < -0.39 is 6.04 Å². The molecule has 0 aromatic heterocycles. The van der Waals surface area contributed by atoms with Crippen molar-refractivity contribution in [2.24, 2.45) is 11.7 Å². The molecule has 0 radical (unpaired) electrons. The molecule has 0 fully saturated rings. The fraction of sp³-hybridized carbons (Fsp3) is 0.533. The largest absolute Gasteiger partial charge is 0.337 e. The lowest BCUT2D eigenvalue weighted by atomic mass is 10.0. The Morgan fingerprint density at radius 2 is 1.94 bits per heavy atom. The van der Waals surface area contributed by atoms with E-state index in [-0.39, 0.29) is 11.8 Å². The first-order valence-corrected chi connectivity index (χ1v) is 6.56. The van der Waals surface area contributed by atoms with Crippen LogP contribution in [0.3, 0.4) is 0 Å². The zero-order chi connectivity index (χ0) is 13.7. The quantitative estimate of drug-likeness (QED) is 0.869. The minimum Gasteiger partial charge on any atom is -0.337 e. The zero-order valence-corrected chi connectivity index (χ0v) is 11.8. The second-order valence-corrected chi connectivity index (χ2v) is 5.05. The minimum absolute atomic E-state index is 0.0377. The third-order valence-corrected chi connectivity index (χ3v) is 3.32. The molecule has 1 aromatic rings. The lowest BCUT2D eigenvalue weighted by Gasteiger charge is -2.26. The molecule has 100 valence electrons. The Bertz CT molecular complexity index is 401. The van der Waals surface area contributed by atoms with Crippen LogP contribution < -0.4 is 5.73 Å². The summed E-state index contributed by atoms with van der Waals surface area (Å²) in [6.07, 6.45) is 0. The molecule has 2 N–H and O–H groups in total. The molecule has 1 amide bonds. The molecule has 1 rings (SSSR count). The van der Waals surface area contributed by atoms with Gasteiger partial charge in [0.15, 0.2) is 0 Å². The number of carbonyl (C=O) groups excluding carboxylic acids is 1. The summed E-state index contributed by atoms with van der Waals surface area (Å²) in [7, 11) is 0. The van der Waals surface area contributed by atoms with Crippen molar-refractivity contribution in [3.05, 3.63) is 35.4 Å². The summed E-state index contributed by atoms with van der Waals surface area (Å²) in [5.41, 5.74) is 8.33. The van der Waals surface area contributed by atoms with Crippen LogP contribution in [-0.2, 0) is 11.3 Å². The fourth-order valence-corrected chi connectivity index (χ4v) is 1.83. The average molecular weight is 248 g/mol. The molecule has 1 atom stereocenters. The molecule has 0 heterocycles. The van der Waals surface area contributed by atoms with Gasteiger partial charge in [0, 0.05) is 13.1 Å². The van der Waals surface area contributed by atoms with Gasteiger partial charge in [0.05, 0.1) is 6.04 Å². The molecule has 0 aliphatic heterocycles. The molecule has 0 aliphatic carbocycles. The van der Waals surface area contributed by atoms with Crippen LogP contribution in [0.1, 0.15) is 31.9 Å². The van der Waals surface area contributed by atoms with Gasteiger partial charge in [-0.15, -0.1) is 0 Å². The van der Waals surface area contributed by atoms with E-state index in [1.807, 2.05) is 37.8 Å². The van der Waals surface area contributed by atoms with Crippen LogP contribution in [0.5, 0.6) is 0 Å². The maximum atomic E-state index is 12.2. The summed E-state index contributed by atoms with van der Waals surface area (Å²) in [6, 6.07) is 7.73. The maximum absolute atomic E-state index is 12.2. The van der Waals surface area contributed by atoms with Gasteiger partial charge in [0.2, 0.25) is 5.91 Å². The van der Waals surface area contributed by atoms with Crippen LogP contribution in [-0.4, -0.2) is 23.4 Å². The van der Waals surface area contributed by atoms with Crippen molar-refractivity contribution in [2.45, 2.75) is 40.3 Å². The summed E-state index contributed by atoms with van der Waals surface area (Å²) in [5, 5.41) is 0. The smallest absolute Gasteiger partial charge is 0.240 e. The van der Waals surface area contributed by atoms with Crippen molar-refractivity contribution >= 4 is 5.91 Å². The number of nitrogens with zero attached hydrogens (tertiary/aromatic N) is 1. The summed E-state index contributed by atoms with van der Waals surface area (Å²) >= 11 is 0. The molecule has 0 saturated carbocycles. The molecule has 0 bridgehead atoms. The predicted molar refractivity (Wildman–Crippen MR) is 75.1 cm³/mol. The van der Waals surface area contributed by atoms with Gasteiger partial charge in [-0.2, -0.15) is 0 Å². The predicted octanol–water partition coefficient (Wildman–Crippen LogP) is 2.33. The second-order valence-electron chi connectivity index (χ2n) is 5.05. The van der Waals surface area contributed by atoms with E-state index in [4.69, 9.17) is 5.73 Å². The van der Waals surface area contributed by atoms with E-state index in [0.717, 1.165) is 0 Å². The van der Waals surface area contributed by atoms with E-state index in [1.165, 1.54) is 11.1 Å². The molecule has 18 heavy (non-hydrogen) atoms. The van der Waals surface area contributed by atoms with Crippen molar-refractivity contribution in [1.29, 1.82) is 0 Å². The van der Waals surface area contributed by atoms with Crippen LogP contribution in [0.4, 0.5) is 0 Å². The Kier molecular flexibility index (Phi) is 5.35. The number of rotatable bonds is 5. The highest BCUT2D eigenvalue weighted by atomic mass is 16.2. The topological polar surface area (TPSA) is 46.3 Å². The van der Waals surface area contributed by atoms with Gasteiger partial charge in [0.1, 0.15) is 0 Å². The molecule has 0 unspecified atom stereocenters. The van der Waals surface area contributed by atoms with E-state index in [0.29, 0.717) is 13.1 Å². The number of amides is 1. The van der Waals surface area contributed by atoms with E-state index >= 15 is 0 Å². The Morgan fingerprint density at radius 3 is 2.44 bits per heavy atom. The lowest BCUT2D eigenvalue weighted by Crippen LogP contribution is -2.46. The number of nitrogens with two attached hydrogens (primary N) is 1. The summed E-state index contributed by atoms with van der Waals surface area (Å²) < 4.78 is 0. The number of hydrogen-bond acceptors (Lipinski definition) is 2. The van der Waals surface area contributed by atoms with E-state index in [2.05, 4.69) is 19.1 Å². The lowest BCUT2D eigenvalue weighted by molar-refractivity contribution is -0.134. The second kappa shape index (κ2) is 6.55. The Hall–Kier alpha value is -1.35. The van der Waals surface area contributed by atoms with Gasteiger partial charge in [-0.3, -0.25) is 4.79 Å². The highest BCUT2D eigenvalue weighted by molar-refractivity contribution is 5.81. The summed E-state index contributed by atoms with van der Waals surface area (Å²) in [4.78, 5) is 14.1. The molecule has 3 heteroatoms. The summed E-state index contributed by atoms with van der Waals surface area (Å²) in [6.45, 7) is 9.34. The molecule has 0 aliphatic rings. The SMILES string of the molecule is CCN(Cc1ccccc1C)C(=O)[C@@H](N)C(C)C.